The highest BCUT2D eigenvalue weighted by Gasteiger charge is 2.66. The maximum Gasteiger partial charge on any atom is 0.303 e. The van der Waals surface area contributed by atoms with Gasteiger partial charge in [0.15, 0.2) is 0 Å². The lowest BCUT2D eigenvalue weighted by atomic mass is 9.45. The van der Waals surface area contributed by atoms with Crippen LogP contribution in [0.2, 0.25) is 0 Å². The van der Waals surface area contributed by atoms with Crippen LogP contribution in [-0.2, 0) is 4.79 Å². The average Bonchev–Trinajstić information content (AvgIpc) is 2.89. The monoisotopic (exact) mass is 391 g/mol. The second kappa shape index (κ2) is 7.27. The lowest BCUT2D eigenvalue weighted by molar-refractivity contribution is -0.145. The molecule has 4 rings (SSSR count). The molecule has 4 fully saturated rings. The van der Waals surface area contributed by atoms with E-state index < -0.39 is 11.5 Å². The summed E-state index contributed by atoms with van der Waals surface area (Å²) < 4.78 is 0. The Morgan fingerprint density at radius 1 is 1.00 bits per heavy atom. The molecular weight excluding hydrogens is 350 g/mol. The Labute approximate surface area is 170 Å². The van der Waals surface area contributed by atoms with Gasteiger partial charge in [-0.2, -0.15) is 0 Å². The normalized spacial score (nSPS) is 50.9. The van der Waals surface area contributed by atoms with Crippen molar-refractivity contribution in [2.75, 3.05) is 0 Å². The van der Waals surface area contributed by atoms with Gasteiger partial charge < -0.3 is 15.9 Å². The maximum atomic E-state index is 11.4. The number of rotatable bonds is 4. The Hall–Kier alpha value is -0.610. The van der Waals surface area contributed by atoms with Crippen molar-refractivity contribution in [3.05, 3.63) is 0 Å². The van der Waals surface area contributed by atoms with Crippen LogP contribution in [0.25, 0.3) is 0 Å². The van der Waals surface area contributed by atoms with Gasteiger partial charge in [-0.3, -0.25) is 4.79 Å². The highest BCUT2D eigenvalue weighted by Crippen LogP contribution is 2.67. The van der Waals surface area contributed by atoms with Crippen molar-refractivity contribution in [3.8, 4) is 0 Å². The van der Waals surface area contributed by atoms with Crippen molar-refractivity contribution in [1.82, 2.24) is 0 Å². The largest absolute Gasteiger partial charge is 0.481 e. The average molecular weight is 392 g/mol. The topological polar surface area (TPSA) is 83.6 Å². The summed E-state index contributed by atoms with van der Waals surface area (Å²) in [7, 11) is 0. The van der Waals surface area contributed by atoms with Crippen LogP contribution in [0.15, 0.2) is 0 Å². The summed E-state index contributed by atoms with van der Waals surface area (Å²) >= 11 is 0. The molecule has 0 heterocycles. The molecule has 28 heavy (non-hydrogen) atoms. The zero-order valence-electron chi connectivity index (χ0n) is 18.0. The van der Waals surface area contributed by atoms with Crippen molar-refractivity contribution in [3.63, 3.8) is 0 Å². The van der Waals surface area contributed by atoms with Gasteiger partial charge in [-0.05, 0) is 92.3 Å². The Bertz CT molecular complexity index is 609. The second-order valence-corrected chi connectivity index (χ2v) is 11.3. The Kier molecular flexibility index (Phi) is 5.36. The summed E-state index contributed by atoms with van der Waals surface area (Å²) in [6.45, 7) is 4.92. The van der Waals surface area contributed by atoms with E-state index in [9.17, 15) is 9.90 Å². The standard InChI is InChI=1S/C24H41NO3/c1-22-14-6-9-18-23(2)13-4-3-7-17(23)15-20(26)24(18,25)19(22)12-11-16(22)8-5-10-21(27)28/h16-20,26H,3-15,25H2,1-2H3,(H,27,28)/t16-,17-,18?,19?,20-,22+,23-,24-/m0/s1. The first-order valence-corrected chi connectivity index (χ1v) is 11.9. The van der Waals surface area contributed by atoms with Gasteiger partial charge >= 0.3 is 5.97 Å². The number of carbonyl (C=O) groups is 1. The summed E-state index contributed by atoms with van der Waals surface area (Å²) in [5.74, 6) is 1.31. The molecule has 160 valence electrons. The minimum atomic E-state index is -0.685. The smallest absolute Gasteiger partial charge is 0.303 e. The summed E-state index contributed by atoms with van der Waals surface area (Å²) in [5.41, 5.74) is 7.35. The molecule has 0 amide bonds. The maximum absolute atomic E-state index is 11.4. The molecule has 0 saturated heterocycles. The minimum Gasteiger partial charge on any atom is -0.481 e. The molecule has 4 aliphatic carbocycles. The first-order chi connectivity index (χ1) is 13.2. The predicted molar refractivity (Wildman–Crippen MR) is 111 cm³/mol. The Balaban J connectivity index is 1.63. The van der Waals surface area contributed by atoms with Crippen LogP contribution >= 0.6 is 0 Å². The van der Waals surface area contributed by atoms with E-state index in [0.29, 0.717) is 29.1 Å². The molecule has 4 heteroatoms. The first-order valence-electron chi connectivity index (χ1n) is 11.9. The number of carboxylic acids is 1. The zero-order valence-corrected chi connectivity index (χ0v) is 18.0. The second-order valence-electron chi connectivity index (χ2n) is 11.3. The van der Waals surface area contributed by atoms with Crippen LogP contribution < -0.4 is 5.73 Å². The molecule has 0 spiro atoms. The van der Waals surface area contributed by atoms with Gasteiger partial charge in [0.25, 0.3) is 0 Å². The molecular formula is C24H41NO3. The number of nitrogens with two attached hydrogens (primary N) is 1. The van der Waals surface area contributed by atoms with E-state index in [4.69, 9.17) is 10.8 Å². The van der Waals surface area contributed by atoms with Gasteiger partial charge in [-0.25, -0.2) is 0 Å². The third-order valence-corrected chi connectivity index (χ3v) is 10.2. The molecule has 0 aromatic carbocycles. The minimum absolute atomic E-state index is 0.154. The molecule has 2 unspecified atom stereocenters. The van der Waals surface area contributed by atoms with E-state index in [1.165, 1.54) is 38.5 Å². The lowest BCUT2D eigenvalue weighted by Crippen LogP contribution is -2.70. The molecule has 0 aliphatic heterocycles. The van der Waals surface area contributed by atoms with Gasteiger partial charge in [0, 0.05) is 12.0 Å². The van der Waals surface area contributed by atoms with E-state index in [-0.39, 0.29) is 17.9 Å². The molecule has 4 nitrogen and oxygen atoms in total. The van der Waals surface area contributed by atoms with Gasteiger partial charge in [0.05, 0.1) is 6.10 Å². The van der Waals surface area contributed by atoms with E-state index in [1.807, 2.05) is 0 Å². The number of aliphatic hydroxyl groups is 1. The summed E-state index contributed by atoms with van der Waals surface area (Å²) in [4.78, 5) is 11.0. The van der Waals surface area contributed by atoms with Crippen LogP contribution in [0.3, 0.4) is 0 Å². The highest BCUT2D eigenvalue weighted by molar-refractivity contribution is 5.66. The number of aliphatic hydroxyl groups excluding tert-OH is 1. The SMILES string of the molecule is C[C@]12CCCC3[C@](N)(C1CC[C@@H]2CCCC(=O)O)[C@@H](O)C[C@@H]1CCCC[C@]31C. The van der Waals surface area contributed by atoms with E-state index in [1.54, 1.807) is 0 Å². The number of hydrogen-bond donors (Lipinski definition) is 3. The number of fused-ring (bicyclic) bond motifs is 5. The number of carboxylic acid groups (broad SMARTS) is 1. The van der Waals surface area contributed by atoms with Gasteiger partial charge in [-0.1, -0.05) is 33.1 Å². The van der Waals surface area contributed by atoms with Crippen LogP contribution in [0, 0.1) is 34.5 Å². The summed E-state index contributed by atoms with van der Waals surface area (Å²) in [5, 5.41) is 20.5. The molecule has 0 bridgehead atoms. The molecule has 4 aliphatic rings. The zero-order chi connectivity index (χ0) is 20.2. The van der Waals surface area contributed by atoms with Gasteiger partial charge in [0.2, 0.25) is 0 Å². The third-order valence-electron chi connectivity index (χ3n) is 10.2. The van der Waals surface area contributed by atoms with Crippen LogP contribution in [-0.4, -0.2) is 27.8 Å². The van der Waals surface area contributed by atoms with Crippen molar-refractivity contribution in [2.45, 2.75) is 109 Å². The van der Waals surface area contributed by atoms with Crippen LogP contribution in [0.1, 0.15) is 97.3 Å². The van der Waals surface area contributed by atoms with Crippen molar-refractivity contribution in [2.24, 2.45) is 40.2 Å². The van der Waals surface area contributed by atoms with Crippen molar-refractivity contribution < 1.29 is 15.0 Å². The van der Waals surface area contributed by atoms with E-state index in [0.717, 1.165) is 38.5 Å². The molecule has 8 atom stereocenters. The Morgan fingerprint density at radius 3 is 2.46 bits per heavy atom. The van der Waals surface area contributed by atoms with Crippen molar-refractivity contribution >= 4 is 5.97 Å². The van der Waals surface area contributed by atoms with Crippen LogP contribution in [0.4, 0.5) is 0 Å². The third kappa shape index (κ3) is 2.96. The molecule has 0 radical (unpaired) electrons. The molecule has 4 saturated carbocycles. The summed E-state index contributed by atoms with van der Waals surface area (Å²) in [6, 6.07) is 0. The number of hydrogen-bond acceptors (Lipinski definition) is 3. The van der Waals surface area contributed by atoms with Gasteiger partial charge in [0.1, 0.15) is 0 Å². The van der Waals surface area contributed by atoms with Crippen molar-refractivity contribution in [1.29, 1.82) is 0 Å². The van der Waals surface area contributed by atoms with E-state index in [2.05, 4.69) is 13.8 Å². The summed E-state index contributed by atoms with van der Waals surface area (Å²) in [6.07, 6.45) is 13.5. The fraction of sp³-hybridized carbons (Fsp3) is 0.958. The fourth-order valence-corrected chi connectivity index (χ4v) is 8.78. The number of aliphatic carboxylic acids is 1. The highest BCUT2D eigenvalue weighted by atomic mass is 16.4. The quantitative estimate of drug-likeness (QED) is 0.647. The predicted octanol–water partition coefficient (Wildman–Crippen LogP) is 4.73. The van der Waals surface area contributed by atoms with Gasteiger partial charge in [-0.15, -0.1) is 0 Å². The fourth-order valence-electron chi connectivity index (χ4n) is 8.78. The van der Waals surface area contributed by atoms with Crippen LogP contribution in [0.5, 0.6) is 0 Å². The van der Waals surface area contributed by atoms with E-state index >= 15 is 0 Å². The molecule has 0 aromatic rings. The Morgan fingerprint density at radius 2 is 1.71 bits per heavy atom. The first kappa shape index (κ1) is 20.7. The lowest BCUT2D eigenvalue weighted by Gasteiger charge is -2.62. The molecule has 4 N–H and O–H groups in total. The molecule has 0 aromatic heterocycles.